The summed E-state index contributed by atoms with van der Waals surface area (Å²) in [5, 5.41) is 0. The Kier molecular flexibility index (Phi) is 6.56. The number of amides is 1. The fourth-order valence-electron chi connectivity index (χ4n) is 2.99. The minimum absolute atomic E-state index is 0.197. The first-order valence-electron chi connectivity index (χ1n) is 8.78. The zero-order chi connectivity index (χ0) is 20.1. The Morgan fingerprint density at radius 1 is 1.14 bits per heavy atom. The van der Waals surface area contributed by atoms with E-state index >= 15 is 0 Å². The second-order valence-corrected chi connectivity index (χ2v) is 7.40. The quantitative estimate of drug-likeness (QED) is 0.684. The summed E-state index contributed by atoms with van der Waals surface area (Å²) < 4.78 is 44.2. The maximum absolute atomic E-state index is 12.7. The topological polar surface area (TPSA) is 45.7 Å². The highest BCUT2D eigenvalue weighted by Crippen LogP contribution is 2.23. The number of carbonyl (C=O) groups is 1. The molecule has 0 saturated carbocycles. The van der Waals surface area contributed by atoms with Crippen LogP contribution in [0, 0.1) is 0 Å². The molecular weight excluding hydrogens is 439 g/mol. The van der Waals surface area contributed by atoms with E-state index in [2.05, 4.69) is 20.9 Å². The van der Waals surface area contributed by atoms with E-state index in [9.17, 15) is 18.0 Å². The van der Waals surface area contributed by atoms with E-state index in [4.69, 9.17) is 4.74 Å². The van der Waals surface area contributed by atoms with Gasteiger partial charge in [-0.2, -0.15) is 13.2 Å². The molecule has 0 N–H and O–H groups in total. The van der Waals surface area contributed by atoms with Crippen LogP contribution in [0.25, 0.3) is 0 Å². The van der Waals surface area contributed by atoms with E-state index < -0.39 is 12.7 Å². The van der Waals surface area contributed by atoms with Crippen LogP contribution in [0.4, 0.5) is 13.2 Å². The van der Waals surface area contributed by atoms with Crippen LogP contribution in [-0.2, 0) is 0 Å². The van der Waals surface area contributed by atoms with E-state index in [-0.39, 0.29) is 19.0 Å². The Hall–Kier alpha value is -2.13. The highest BCUT2D eigenvalue weighted by atomic mass is 79.9. The van der Waals surface area contributed by atoms with Crippen molar-refractivity contribution in [3.8, 4) is 11.6 Å². The number of hydrogen-bond acceptors (Lipinski definition) is 4. The molecule has 0 aliphatic carbocycles. The molecule has 1 aromatic heterocycles. The van der Waals surface area contributed by atoms with Gasteiger partial charge in [0.25, 0.3) is 5.91 Å². The Bertz CT molecular complexity index is 815. The van der Waals surface area contributed by atoms with E-state index in [1.165, 1.54) is 11.1 Å². The van der Waals surface area contributed by atoms with Gasteiger partial charge in [0.05, 0.1) is 12.1 Å². The summed E-state index contributed by atoms with van der Waals surface area (Å²) in [6.45, 7) is 0.247. The van der Waals surface area contributed by atoms with Crippen molar-refractivity contribution in [2.75, 3.05) is 32.7 Å². The average molecular weight is 458 g/mol. The summed E-state index contributed by atoms with van der Waals surface area (Å²) in [7, 11) is 0. The summed E-state index contributed by atoms with van der Waals surface area (Å²) in [5.74, 6) is 0.718. The van der Waals surface area contributed by atoms with E-state index in [1.54, 1.807) is 29.2 Å². The molecule has 0 unspecified atom stereocenters. The zero-order valence-electron chi connectivity index (χ0n) is 15.0. The average Bonchev–Trinajstić information content (AvgIpc) is 2.86. The monoisotopic (exact) mass is 457 g/mol. The highest BCUT2D eigenvalue weighted by Gasteiger charge is 2.32. The molecule has 2 heterocycles. The van der Waals surface area contributed by atoms with Crippen LogP contribution in [-0.4, -0.2) is 59.6 Å². The van der Waals surface area contributed by atoms with E-state index in [0.717, 1.165) is 4.47 Å². The minimum atomic E-state index is -4.23. The predicted octanol–water partition coefficient (Wildman–Crippen LogP) is 4.35. The normalized spacial score (nSPS) is 15.9. The highest BCUT2D eigenvalue weighted by molar-refractivity contribution is 9.10. The molecule has 1 amide bonds. The number of alkyl halides is 3. The number of benzene rings is 1. The van der Waals surface area contributed by atoms with Crippen molar-refractivity contribution in [3.63, 3.8) is 0 Å². The number of nitrogens with zero attached hydrogens (tertiary/aromatic N) is 3. The number of carbonyl (C=O) groups excluding carboxylic acids is 1. The summed E-state index contributed by atoms with van der Waals surface area (Å²) in [6.07, 6.45) is -2.30. The summed E-state index contributed by atoms with van der Waals surface area (Å²) in [6, 6.07) is 10.5. The minimum Gasteiger partial charge on any atom is -0.439 e. The molecule has 1 saturated heterocycles. The first kappa shape index (κ1) is 20.6. The molecule has 0 spiro atoms. The zero-order valence-corrected chi connectivity index (χ0v) is 16.5. The lowest BCUT2D eigenvalue weighted by molar-refractivity contribution is -0.145. The van der Waals surface area contributed by atoms with E-state index in [1.807, 2.05) is 12.1 Å². The lowest BCUT2D eigenvalue weighted by atomic mass is 10.2. The van der Waals surface area contributed by atoms with Gasteiger partial charge in [-0.05, 0) is 30.7 Å². The Balaban J connectivity index is 1.60. The Morgan fingerprint density at radius 2 is 1.96 bits per heavy atom. The second-order valence-electron chi connectivity index (χ2n) is 6.48. The van der Waals surface area contributed by atoms with Crippen LogP contribution < -0.4 is 4.74 Å². The second kappa shape index (κ2) is 8.91. The van der Waals surface area contributed by atoms with Gasteiger partial charge < -0.3 is 9.64 Å². The molecule has 1 aliphatic heterocycles. The third-order valence-electron chi connectivity index (χ3n) is 4.28. The number of pyridine rings is 1. The van der Waals surface area contributed by atoms with E-state index in [0.29, 0.717) is 36.7 Å². The molecule has 0 bridgehead atoms. The molecular formula is C19H19BrF3N3O2. The standard InChI is InChI=1S/C19H19BrF3N3O2/c20-15-3-1-4-16(11-15)28-17-6-5-14(12-24-17)18(27)26-8-2-7-25(9-10-26)13-19(21,22)23/h1,3-6,11-12H,2,7-10,13H2. The third-order valence-corrected chi connectivity index (χ3v) is 4.77. The van der Waals surface area contributed by atoms with Crippen molar-refractivity contribution in [3.05, 3.63) is 52.6 Å². The third kappa shape index (κ3) is 5.93. The fourth-order valence-corrected chi connectivity index (χ4v) is 3.36. The maximum Gasteiger partial charge on any atom is 0.401 e. The molecule has 2 aromatic rings. The van der Waals surface area contributed by atoms with Crippen LogP contribution >= 0.6 is 15.9 Å². The summed E-state index contributed by atoms with van der Waals surface area (Å²) in [4.78, 5) is 19.7. The maximum atomic E-state index is 12.7. The first-order valence-corrected chi connectivity index (χ1v) is 9.57. The molecule has 150 valence electrons. The van der Waals surface area contributed by atoms with Crippen LogP contribution in [0.3, 0.4) is 0 Å². The Labute approximate surface area is 169 Å². The number of rotatable bonds is 4. The number of ether oxygens (including phenoxy) is 1. The molecule has 28 heavy (non-hydrogen) atoms. The van der Waals surface area contributed by atoms with Gasteiger partial charge in [0.15, 0.2) is 0 Å². The number of aromatic nitrogens is 1. The molecule has 9 heteroatoms. The van der Waals surface area contributed by atoms with Gasteiger partial charge in [-0.25, -0.2) is 4.98 Å². The fraction of sp³-hybridized carbons (Fsp3) is 0.368. The van der Waals surface area contributed by atoms with Gasteiger partial charge in [-0.1, -0.05) is 22.0 Å². The molecule has 1 aromatic carbocycles. The number of hydrogen-bond donors (Lipinski definition) is 0. The van der Waals surface area contributed by atoms with Crippen molar-refractivity contribution < 1.29 is 22.7 Å². The molecule has 1 aliphatic rings. The molecule has 5 nitrogen and oxygen atoms in total. The van der Waals surface area contributed by atoms with Crippen molar-refractivity contribution in [1.29, 1.82) is 0 Å². The van der Waals surface area contributed by atoms with Gasteiger partial charge in [0, 0.05) is 42.9 Å². The van der Waals surface area contributed by atoms with Gasteiger partial charge in [-0.15, -0.1) is 0 Å². The van der Waals surface area contributed by atoms with Crippen molar-refractivity contribution >= 4 is 21.8 Å². The molecule has 3 rings (SSSR count). The van der Waals surface area contributed by atoms with Crippen molar-refractivity contribution in [2.24, 2.45) is 0 Å². The van der Waals surface area contributed by atoms with Crippen molar-refractivity contribution in [2.45, 2.75) is 12.6 Å². The van der Waals surface area contributed by atoms with Crippen molar-refractivity contribution in [1.82, 2.24) is 14.8 Å². The van der Waals surface area contributed by atoms with Gasteiger partial charge >= 0.3 is 6.18 Å². The first-order chi connectivity index (χ1) is 13.3. The molecule has 1 fully saturated rings. The Morgan fingerprint density at radius 3 is 2.64 bits per heavy atom. The van der Waals surface area contributed by atoms with Crippen LogP contribution in [0.5, 0.6) is 11.6 Å². The van der Waals surface area contributed by atoms with Crippen LogP contribution in [0.15, 0.2) is 47.1 Å². The van der Waals surface area contributed by atoms with Crippen LogP contribution in [0.2, 0.25) is 0 Å². The molecule has 0 atom stereocenters. The summed E-state index contributed by atoms with van der Waals surface area (Å²) in [5.41, 5.74) is 0.380. The lowest BCUT2D eigenvalue weighted by Crippen LogP contribution is -2.38. The lowest BCUT2D eigenvalue weighted by Gasteiger charge is -2.22. The van der Waals surface area contributed by atoms with Gasteiger partial charge in [0.2, 0.25) is 5.88 Å². The number of halogens is 4. The van der Waals surface area contributed by atoms with Gasteiger partial charge in [0.1, 0.15) is 5.75 Å². The predicted molar refractivity (Wildman–Crippen MR) is 101 cm³/mol. The SMILES string of the molecule is O=C(c1ccc(Oc2cccc(Br)c2)nc1)N1CCCN(CC(F)(F)F)CC1. The van der Waals surface area contributed by atoms with Gasteiger partial charge in [-0.3, -0.25) is 9.69 Å². The molecule has 0 radical (unpaired) electrons. The smallest absolute Gasteiger partial charge is 0.401 e. The van der Waals surface area contributed by atoms with Crippen LogP contribution in [0.1, 0.15) is 16.8 Å². The largest absolute Gasteiger partial charge is 0.439 e. The summed E-state index contributed by atoms with van der Waals surface area (Å²) >= 11 is 3.36.